The molecule has 0 spiro atoms. The number of amides is 1. The van der Waals surface area contributed by atoms with Gasteiger partial charge in [-0.3, -0.25) is 4.79 Å². The van der Waals surface area contributed by atoms with Crippen molar-refractivity contribution in [2.24, 2.45) is 0 Å². The van der Waals surface area contributed by atoms with Gasteiger partial charge in [0.25, 0.3) is 5.91 Å². The Morgan fingerprint density at radius 2 is 2.17 bits per heavy atom. The van der Waals surface area contributed by atoms with Crippen LogP contribution in [-0.2, 0) is 9.53 Å². The molecule has 1 amide bonds. The van der Waals surface area contributed by atoms with Gasteiger partial charge in [0.1, 0.15) is 11.4 Å². The second-order valence-electron chi connectivity index (χ2n) is 5.19. The Balaban J connectivity index is 1.95. The van der Waals surface area contributed by atoms with E-state index < -0.39 is 6.04 Å². The van der Waals surface area contributed by atoms with Gasteiger partial charge in [0.05, 0.1) is 6.61 Å². The number of hydrogen-bond acceptors (Lipinski definition) is 5. The quantitative estimate of drug-likeness (QED) is 0.744. The first-order chi connectivity index (χ1) is 11.6. The summed E-state index contributed by atoms with van der Waals surface area (Å²) in [7, 11) is 0. The number of nitrogens with zero attached hydrogens (tertiary/aromatic N) is 1. The number of halogens is 1. The Kier molecular flexibility index (Phi) is 5.48. The van der Waals surface area contributed by atoms with Crippen LogP contribution in [0.3, 0.4) is 0 Å². The summed E-state index contributed by atoms with van der Waals surface area (Å²) in [5.41, 5.74) is 0.473. The monoisotopic (exact) mass is 381 g/mol. The van der Waals surface area contributed by atoms with Gasteiger partial charge in [-0.2, -0.15) is 0 Å². The van der Waals surface area contributed by atoms with Gasteiger partial charge in [-0.05, 0) is 36.6 Å². The number of benzene rings is 1. The Labute approximate surface area is 153 Å². The molecule has 0 N–H and O–H groups in total. The minimum atomic E-state index is -0.589. The summed E-state index contributed by atoms with van der Waals surface area (Å²) in [5.74, 6) is -0.0494. The second-order valence-corrected chi connectivity index (χ2v) is 7.72. The molecule has 3 rings (SSSR count). The summed E-state index contributed by atoms with van der Waals surface area (Å²) in [6.07, 6.45) is 0. The maximum Gasteiger partial charge on any atom is 0.329 e. The van der Waals surface area contributed by atoms with Gasteiger partial charge in [0.15, 0.2) is 0 Å². The highest BCUT2D eigenvalue weighted by atomic mass is 35.5. The minimum absolute atomic E-state index is 0.189. The number of rotatable bonds is 4. The van der Waals surface area contributed by atoms with Gasteiger partial charge in [-0.15, -0.1) is 23.1 Å². The Morgan fingerprint density at radius 1 is 1.33 bits per heavy atom. The van der Waals surface area contributed by atoms with Crippen molar-refractivity contribution in [1.29, 1.82) is 0 Å². The summed E-state index contributed by atoms with van der Waals surface area (Å²) >= 11 is 9.17. The molecule has 0 saturated carbocycles. The van der Waals surface area contributed by atoms with Gasteiger partial charge in [0.2, 0.25) is 0 Å². The standard InChI is InChI=1S/C17H16ClNO3S2/c1-2-22-17(21)13-10-24-16(14-7-4-8-23-14)19(13)15(20)11-5-3-6-12(18)9-11/h3-9,13,16H,2,10H2,1H3. The van der Waals surface area contributed by atoms with Gasteiger partial charge in [0, 0.05) is 21.2 Å². The number of carbonyl (C=O) groups excluding carboxylic acids is 2. The van der Waals surface area contributed by atoms with Crippen LogP contribution >= 0.6 is 34.7 Å². The van der Waals surface area contributed by atoms with Crippen molar-refractivity contribution < 1.29 is 14.3 Å². The third kappa shape index (κ3) is 3.45. The summed E-state index contributed by atoms with van der Waals surface area (Å²) in [4.78, 5) is 28.1. The molecular formula is C17H16ClNO3S2. The van der Waals surface area contributed by atoms with Crippen LogP contribution < -0.4 is 0 Å². The van der Waals surface area contributed by atoms with Crippen LogP contribution in [0.4, 0.5) is 0 Å². The molecule has 2 unspecified atom stereocenters. The lowest BCUT2D eigenvalue weighted by Gasteiger charge is -2.27. The Bertz CT molecular complexity index is 735. The van der Waals surface area contributed by atoms with E-state index in [1.54, 1.807) is 59.2 Å². The first-order valence-electron chi connectivity index (χ1n) is 7.51. The van der Waals surface area contributed by atoms with E-state index >= 15 is 0 Å². The van der Waals surface area contributed by atoms with E-state index in [2.05, 4.69) is 0 Å². The first kappa shape index (κ1) is 17.3. The predicted octanol–water partition coefficient (Wildman–Crippen LogP) is 4.22. The molecule has 1 aliphatic heterocycles. The lowest BCUT2D eigenvalue weighted by molar-refractivity contribution is -0.147. The predicted molar refractivity (Wildman–Crippen MR) is 97.6 cm³/mol. The highest BCUT2D eigenvalue weighted by molar-refractivity contribution is 7.99. The molecule has 1 fully saturated rings. The van der Waals surface area contributed by atoms with Crippen LogP contribution in [0.1, 0.15) is 27.5 Å². The van der Waals surface area contributed by atoms with Crippen molar-refractivity contribution in [2.45, 2.75) is 18.3 Å². The van der Waals surface area contributed by atoms with Crippen LogP contribution in [0.25, 0.3) is 0 Å². The number of hydrogen-bond donors (Lipinski definition) is 0. The van der Waals surface area contributed by atoms with E-state index in [1.807, 2.05) is 17.5 Å². The van der Waals surface area contributed by atoms with Gasteiger partial charge < -0.3 is 9.64 Å². The van der Waals surface area contributed by atoms with E-state index in [4.69, 9.17) is 16.3 Å². The SMILES string of the molecule is CCOC(=O)C1CSC(c2cccs2)N1C(=O)c1cccc(Cl)c1. The van der Waals surface area contributed by atoms with Crippen LogP contribution in [0.2, 0.25) is 5.02 Å². The summed E-state index contributed by atoms with van der Waals surface area (Å²) in [5, 5.41) is 2.27. The van der Waals surface area contributed by atoms with Crippen molar-refractivity contribution in [3.05, 3.63) is 57.2 Å². The second kappa shape index (κ2) is 7.59. The fourth-order valence-corrected chi connectivity index (χ4v) is 5.17. The molecular weight excluding hydrogens is 366 g/mol. The molecule has 2 aromatic rings. The summed E-state index contributed by atoms with van der Waals surface area (Å²) in [6.45, 7) is 2.06. The molecule has 0 aliphatic carbocycles. The van der Waals surface area contributed by atoms with E-state index in [1.165, 1.54) is 0 Å². The van der Waals surface area contributed by atoms with Gasteiger partial charge in [-0.1, -0.05) is 23.7 Å². The molecule has 1 aromatic carbocycles. The fraction of sp³-hybridized carbons (Fsp3) is 0.294. The maximum absolute atomic E-state index is 13.1. The number of thiophene rings is 1. The van der Waals surface area contributed by atoms with Gasteiger partial charge >= 0.3 is 5.97 Å². The van der Waals surface area contributed by atoms with E-state index in [-0.39, 0.29) is 17.3 Å². The fourth-order valence-electron chi connectivity index (χ4n) is 2.60. The molecule has 24 heavy (non-hydrogen) atoms. The van der Waals surface area contributed by atoms with Crippen LogP contribution in [-0.4, -0.2) is 35.2 Å². The van der Waals surface area contributed by atoms with Crippen molar-refractivity contribution in [2.75, 3.05) is 12.4 Å². The highest BCUT2D eigenvalue weighted by Gasteiger charge is 2.43. The zero-order chi connectivity index (χ0) is 17.1. The molecule has 0 radical (unpaired) electrons. The number of thioether (sulfide) groups is 1. The van der Waals surface area contributed by atoms with Crippen molar-refractivity contribution in [3.8, 4) is 0 Å². The molecule has 1 saturated heterocycles. The average Bonchev–Trinajstić information content (AvgIpc) is 3.23. The van der Waals surface area contributed by atoms with Crippen molar-refractivity contribution in [1.82, 2.24) is 4.90 Å². The average molecular weight is 382 g/mol. The molecule has 0 bridgehead atoms. The molecule has 2 atom stereocenters. The minimum Gasteiger partial charge on any atom is -0.464 e. The smallest absolute Gasteiger partial charge is 0.329 e. The maximum atomic E-state index is 13.1. The largest absolute Gasteiger partial charge is 0.464 e. The van der Waals surface area contributed by atoms with E-state index in [0.29, 0.717) is 22.9 Å². The van der Waals surface area contributed by atoms with Crippen LogP contribution in [0, 0.1) is 0 Å². The first-order valence-corrected chi connectivity index (χ1v) is 9.82. The molecule has 7 heteroatoms. The number of carbonyl (C=O) groups is 2. The zero-order valence-electron chi connectivity index (χ0n) is 13.0. The van der Waals surface area contributed by atoms with Crippen LogP contribution in [0.15, 0.2) is 41.8 Å². The third-order valence-corrected chi connectivity index (χ3v) is 6.27. The van der Waals surface area contributed by atoms with E-state index in [0.717, 1.165) is 4.88 Å². The lowest BCUT2D eigenvalue weighted by Crippen LogP contribution is -2.43. The highest BCUT2D eigenvalue weighted by Crippen LogP contribution is 2.44. The number of esters is 1. The normalized spacial score (nSPS) is 20.2. The molecule has 126 valence electrons. The lowest BCUT2D eigenvalue weighted by atomic mass is 10.1. The molecule has 2 heterocycles. The van der Waals surface area contributed by atoms with Crippen molar-refractivity contribution >= 4 is 46.6 Å². The molecule has 1 aromatic heterocycles. The molecule has 1 aliphatic rings. The summed E-state index contributed by atoms with van der Waals surface area (Å²) in [6, 6.07) is 10.1. The van der Waals surface area contributed by atoms with E-state index in [9.17, 15) is 9.59 Å². The van der Waals surface area contributed by atoms with Crippen LogP contribution in [0.5, 0.6) is 0 Å². The number of ether oxygens (including phenoxy) is 1. The Morgan fingerprint density at radius 3 is 2.83 bits per heavy atom. The summed E-state index contributed by atoms with van der Waals surface area (Å²) < 4.78 is 5.16. The molecule has 4 nitrogen and oxygen atoms in total. The Hall–Kier alpha value is -1.50. The topological polar surface area (TPSA) is 46.6 Å². The van der Waals surface area contributed by atoms with Gasteiger partial charge in [-0.25, -0.2) is 4.79 Å². The zero-order valence-corrected chi connectivity index (χ0v) is 15.4. The third-order valence-electron chi connectivity index (χ3n) is 3.65. The van der Waals surface area contributed by atoms with Crippen molar-refractivity contribution in [3.63, 3.8) is 0 Å².